The lowest BCUT2D eigenvalue weighted by Gasteiger charge is -2.35. The monoisotopic (exact) mass is 466 g/mol. The maximum atomic E-state index is 12.4. The number of carbonyl (C=O) groups excluding carboxylic acids is 1. The van der Waals surface area contributed by atoms with Gasteiger partial charge in [0.1, 0.15) is 0 Å². The highest BCUT2D eigenvalue weighted by Crippen LogP contribution is 2.17. The minimum absolute atomic E-state index is 0. The molecule has 2 rings (SSSR count). The molecule has 6 nitrogen and oxygen atoms in total. The summed E-state index contributed by atoms with van der Waals surface area (Å²) in [6.45, 7) is 8.48. The highest BCUT2D eigenvalue weighted by atomic mass is 127. The third-order valence-electron chi connectivity index (χ3n) is 5.10. The molecule has 0 spiro atoms. The van der Waals surface area contributed by atoms with E-state index in [9.17, 15) is 4.79 Å². The fourth-order valence-corrected chi connectivity index (χ4v) is 3.70. The first-order valence-corrected chi connectivity index (χ1v) is 9.52. The number of amides is 1. The van der Waals surface area contributed by atoms with Gasteiger partial charge in [-0.1, -0.05) is 0 Å². The van der Waals surface area contributed by atoms with Crippen LogP contribution < -0.4 is 5.32 Å². The number of carbonyl (C=O) groups is 1. The van der Waals surface area contributed by atoms with Gasteiger partial charge >= 0.3 is 0 Å². The predicted octanol–water partition coefficient (Wildman–Crippen LogP) is 2.47. The summed E-state index contributed by atoms with van der Waals surface area (Å²) >= 11 is 0. The number of hydrogen-bond acceptors (Lipinski definition) is 3. The summed E-state index contributed by atoms with van der Waals surface area (Å²) in [5, 5.41) is 3.36. The fourth-order valence-electron chi connectivity index (χ4n) is 3.70. The first-order chi connectivity index (χ1) is 11.7. The molecule has 2 aliphatic rings. The number of aliphatic imine (C=N–C) groups is 1. The summed E-state index contributed by atoms with van der Waals surface area (Å²) in [5.74, 6) is 1.17. The Morgan fingerprint density at radius 3 is 2.52 bits per heavy atom. The molecule has 0 aromatic carbocycles. The van der Waals surface area contributed by atoms with Crippen molar-refractivity contribution in [3.05, 3.63) is 0 Å². The van der Waals surface area contributed by atoms with Crippen LogP contribution >= 0.6 is 24.0 Å². The number of nitrogens with zero attached hydrogens (tertiary/aromatic N) is 3. The zero-order valence-electron chi connectivity index (χ0n) is 16.0. The molecule has 1 amide bonds. The third-order valence-corrected chi connectivity index (χ3v) is 5.10. The Morgan fingerprint density at radius 2 is 1.92 bits per heavy atom. The molecule has 0 aliphatic carbocycles. The van der Waals surface area contributed by atoms with Crippen molar-refractivity contribution in [3.8, 4) is 0 Å². The number of guanidine groups is 1. The van der Waals surface area contributed by atoms with E-state index >= 15 is 0 Å². The van der Waals surface area contributed by atoms with Crippen LogP contribution in [-0.2, 0) is 9.53 Å². The van der Waals surface area contributed by atoms with E-state index in [4.69, 9.17) is 4.74 Å². The standard InChI is InChI=1S/C18H34N4O2.HI/c1-4-24-16-9-13-21(14-10-16)18(19-3)20-11-8-17(23)22-12-6-5-7-15(22)2;/h15-16H,4-14H2,1-3H3,(H,19,20);1H. The molecule has 0 aromatic heterocycles. The summed E-state index contributed by atoms with van der Waals surface area (Å²) in [4.78, 5) is 21.1. The molecule has 25 heavy (non-hydrogen) atoms. The molecule has 0 saturated carbocycles. The molecule has 2 fully saturated rings. The Balaban J connectivity index is 0.00000312. The normalized spacial score (nSPS) is 22.5. The van der Waals surface area contributed by atoms with Crippen molar-refractivity contribution in [3.63, 3.8) is 0 Å². The van der Waals surface area contributed by atoms with E-state index in [1.807, 2.05) is 18.9 Å². The van der Waals surface area contributed by atoms with Gasteiger partial charge in [0.15, 0.2) is 5.96 Å². The van der Waals surface area contributed by atoms with Crippen molar-refractivity contribution in [2.75, 3.05) is 39.8 Å². The van der Waals surface area contributed by atoms with E-state index < -0.39 is 0 Å². The molecule has 0 aromatic rings. The van der Waals surface area contributed by atoms with Crippen molar-refractivity contribution in [2.24, 2.45) is 4.99 Å². The maximum absolute atomic E-state index is 12.4. The van der Waals surface area contributed by atoms with Gasteiger partial charge in [-0.25, -0.2) is 0 Å². The number of ether oxygens (including phenoxy) is 1. The molecule has 1 N–H and O–H groups in total. The second-order valence-electron chi connectivity index (χ2n) is 6.80. The molecule has 2 heterocycles. The van der Waals surface area contributed by atoms with Gasteiger partial charge in [-0.15, -0.1) is 24.0 Å². The predicted molar refractivity (Wildman–Crippen MR) is 113 cm³/mol. The maximum Gasteiger partial charge on any atom is 0.224 e. The Hall–Kier alpha value is -0.570. The molecule has 146 valence electrons. The number of piperidine rings is 2. The Bertz CT molecular complexity index is 425. The summed E-state index contributed by atoms with van der Waals surface area (Å²) < 4.78 is 5.70. The molecule has 0 bridgehead atoms. The lowest BCUT2D eigenvalue weighted by atomic mass is 10.0. The second-order valence-corrected chi connectivity index (χ2v) is 6.80. The topological polar surface area (TPSA) is 57.2 Å². The molecule has 0 radical (unpaired) electrons. The van der Waals surface area contributed by atoms with E-state index in [0.717, 1.165) is 57.9 Å². The van der Waals surface area contributed by atoms with Gasteiger partial charge in [-0.3, -0.25) is 9.79 Å². The van der Waals surface area contributed by atoms with Crippen LogP contribution in [0.15, 0.2) is 4.99 Å². The first-order valence-electron chi connectivity index (χ1n) is 9.52. The fraction of sp³-hybridized carbons (Fsp3) is 0.889. The van der Waals surface area contributed by atoms with Crippen LogP contribution in [0.3, 0.4) is 0 Å². The highest BCUT2D eigenvalue weighted by Gasteiger charge is 2.24. The summed E-state index contributed by atoms with van der Waals surface area (Å²) in [6.07, 6.45) is 6.52. The minimum Gasteiger partial charge on any atom is -0.378 e. The smallest absolute Gasteiger partial charge is 0.224 e. The average molecular weight is 466 g/mol. The van der Waals surface area contributed by atoms with Crippen LogP contribution in [0.5, 0.6) is 0 Å². The zero-order chi connectivity index (χ0) is 17.4. The lowest BCUT2D eigenvalue weighted by molar-refractivity contribution is -0.134. The average Bonchev–Trinajstić information content (AvgIpc) is 2.60. The van der Waals surface area contributed by atoms with Crippen LogP contribution in [-0.4, -0.2) is 73.6 Å². The number of halogens is 1. The number of hydrogen-bond donors (Lipinski definition) is 1. The number of likely N-dealkylation sites (tertiary alicyclic amines) is 2. The lowest BCUT2D eigenvalue weighted by Crippen LogP contribution is -2.48. The summed E-state index contributed by atoms with van der Waals surface area (Å²) in [5.41, 5.74) is 0. The van der Waals surface area contributed by atoms with Gasteiger partial charge in [0.25, 0.3) is 0 Å². The van der Waals surface area contributed by atoms with Crippen LogP contribution in [0.1, 0.15) is 52.4 Å². The van der Waals surface area contributed by atoms with Gasteiger partial charge in [0.2, 0.25) is 5.91 Å². The van der Waals surface area contributed by atoms with Crippen molar-refractivity contribution in [2.45, 2.75) is 64.5 Å². The van der Waals surface area contributed by atoms with Crippen molar-refractivity contribution in [1.29, 1.82) is 0 Å². The van der Waals surface area contributed by atoms with E-state index in [0.29, 0.717) is 25.1 Å². The molecule has 2 aliphatic heterocycles. The molecular formula is C18H35IN4O2. The van der Waals surface area contributed by atoms with Gasteiger partial charge in [-0.2, -0.15) is 0 Å². The van der Waals surface area contributed by atoms with Crippen LogP contribution in [0.2, 0.25) is 0 Å². The van der Waals surface area contributed by atoms with Crippen molar-refractivity contribution < 1.29 is 9.53 Å². The van der Waals surface area contributed by atoms with Gasteiger partial charge in [0, 0.05) is 52.3 Å². The Morgan fingerprint density at radius 1 is 1.20 bits per heavy atom. The summed E-state index contributed by atoms with van der Waals surface area (Å²) in [7, 11) is 1.81. The van der Waals surface area contributed by atoms with Gasteiger partial charge < -0.3 is 19.9 Å². The molecule has 7 heteroatoms. The van der Waals surface area contributed by atoms with Crippen LogP contribution in [0.25, 0.3) is 0 Å². The molecular weight excluding hydrogens is 431 g/mol. The zero-order valence-corrected chi connectivity index (χ0v) is 18.3. The van der Waals surface area contributed by atoms with Crippen LogP contribution in [0, 0.1) is 0 Å². The largest absolute Gasteiger partial charge is 0.378 e. The second kappa shape index (κ2) is 11.9. The first kappa shape index (κ1) is 22.5. The Labute approximate surface area is 169 Å². The van der Waals surface area contributed by atoms with Crippen molar-refractivity contribution in [1.82, 2.24) is 15.1 Å². The summed E-state index contributed by atoms with van der Waals surface area (Å²) in [6, 6.07) is 0.392. The molecule has 2 saturated heterocycles. The SMILES string of the molecule is CCOC1CCN(C(=NC)NCCC(=O)N2CCCCC2C)CC1.I. The molecule has 1 atom stereocenters. The highest BCUT2D eigenvalue weighted by molar-refractivity contribution is 14.0. The van der Waals surface area contributed by atoms with E-state index in [-0.39, 0.29) is 29.9 Å². The van der Waals surface area contributed by atoms with E-state index in [2.05, 4.69) is 22.1 Å². The van der Waals surface area contributed by atoms with Crippen LogP contribution in [0.4, 0.5) is 0 Å². The van der Waals surface area contributed by atoms with E-state index in [1.165, 1.54) is 6.42 Å². The minimum atomic E-state index is 0. The Kier molecular flexibility index (Phi) is 10.7. The number of nitrogens with one attached hydrogen (secondary N) is 1. The van der Waals surface area contributed by atoms with Gasteiger partial charge in [-0.05, 0) is 46.0 Å². The number of rotatable bonds is 5. The van der Waals surface area contributed by atoms with Crippen molar-refractivity contribution >= 4 is 35.8 Å². The third kappa shape index (κ3) is 6.92. The molecule has 1 unspecified atom stereocenters. The quantitative estimate of drug-likeness (QED) is 0.384. The van der Waals surface area contributed by atoms with E-state index in [1.54, 1.807) is 0 Å². The van der Waals surface area contributed by atoms with Gasteiger partial charge in [0.05, 0.1) is 6.10 Å².